The maximum atomic E-state index is 12.3. The van der Waals surface area contributed by atoms with Gasteiger partial charge in [-0.15, -0.1) is 0 Å². The van der Waals surface area contributed by atoms with Crippen LogP contribution in [0.25, 0.3) is 0 Å². The minimum atomic E-state index is -0.748. The molecular formula is C16H27N3O4. The molecule has 1 aliphatic carbocycles. The molecule has 1 aliphatic heterocycles. The van der Waals surface area contributed by atoms with Crippen LogP contribution in [0.15, 0.2) is 0 Å². The van der Waals surface area contributed by atoms with Crippen LogP contribution in [0.3, 0.4) is 0 Å². The minimum Gasteiger partial charge on any atom is -0.481 e. The number of piperazine rings is 1. The Bertz CT molecular complexity index is 458. The molecule has 0 atom stereocenters. The van der Waals surface area contributed by atoms with E-state index in [-0.39, 0.29) is 30.4 Å². The van der Waals surface area contributed by atoms with Crippen LogP contribution in [0.4, 0.5) is 4.79 Å². The molecule has 0 radical (unpaired) electrons. The first-order valence-electron chi connectivity index (χ1n) is 8.42. The van der Waals surface area contributed by atoms with Gasteiger partial charge in [0.1, 0.15) is 6.54 Å². The number of nitrogens with one attached hydrogen (secondary N) is 1. The monoisotopic (exact) mass is 325 g/mol. The molecule has 23 heavy (non-hydrogen) atoms. The van der Waals surface area contributed by atoms with E-state index < -0.39 is 5.97 Å². The first-order valence-corrected chi connectivity index (χ1v) is 8.42. The molecule has 1 saturated carbocycles. The molecule has 2 aliphatic rings. The van der Waals surface area contributed by atoms with Crippen molar-refractivity contribution in [3.63, 3.8) is 0 Å². The van der Waals surface area contributed by atoms with E-state index in [1.807, 2.05) is 4.90 Å². The summed E-state index contributed by atoms with van der Waals surface area (Å²) in [7, 11) is 0. The van der Waals surface area contributed by atoms with Crippen molar-refractivity contribution in [1.82, 2.24) is 15.1 Å². The number of hydrogen-bond donors (Lipinski definition) is 2. The van der Waals surface area contributed by atoms with E-state index >= 15 is 0 Å². The molecule has 0 unspecified atom stereocenters. The van der Waals surface area contributed by atoms with Crippen LogP contribution in [0.2, 0.25) is 0 Å². The van der Waals surface area contributed by atoms with E-state index in [1.165, 1.54) is 0 Å². The van der Waals surface area contributed by atoms with Crippen LogP contribution in [0.1, 0.15) is 39.5 Å². The molecule has 0 aromatic heterocycles. The van der Waals surface area contributed by atoms with Crippen molar-refractivity contribution >= 4 is 17.9 Å². The smallest absolute Gasteiger partial charge is 0.318 e. The highest BCUT2D eigenvalue weighted by Gasteiger charge is 2.30. The maximum absolute atomic E-state index is 12.3. The van der Waals surface area contributed by atoms with Crippen molar-refractivity contribution in [2.75, 3.05) is 26.2 Å². The van der Waals surface area contributed by atoms with E-state index in [9.17, 15) is 14.4 Å². The fourth-order valence-corrected chi connectivity index (χ4v) is 3.27. The van der Waals surface area contributed by atoms with Gasteiger partial charge < -0.3 is 20.2 Å². The number of urea groups is 1. The van der Waals surface area contributed by atoms with Crippen LogP contribution in [-0.2, 0) is 9.59 Å². The first-order chi connectivity index (χ1) is 10.9. The molecule has 7 heteroatoms. The number of carboxylic acid groups (broad SMARTS) is 1. The van der Waals surface area contributed by atoms with Crippen molar-refractivity contribution < 1.29 is 19.5 Å². The topological polar surface area (TPSA) is 89.9 Å². The van der Waals surface area contributed by atoms with Crippen molar-refractivity contribution in [3.8, 4) is 0 Å². The number of carbonyl (C=O) groups is 3. The van der Waals surface area contributed by atoms with Gasteiger partial charge in [-0.3, -0.25) is 9.59 Å². The zero-order valence-electron chi connectivity index (χ0n) is 14.0. The Morgan fingerprint density at radius 2 is 1.87 bits per heavy atom. The second-order valence-corrected chi connectivity index (χ2v) is 6.99. The number of aliphatic carboxylic acids is 1. The van der Waals surface area contributed by atoms with Gasteiger partial charge in [0.2, 0.25) is 5.91 Å². The highest BCUT2D eigenvalue weighted by molar-refractivity contribution is 5.85. The summed E-state index contributed by atoms with van der Waals surface area (Å²) in [4.78, 5) is 38.7. The third-order valence-corrected chi connectivity index (χ3v) is 4.60. The van der Waals surface area contributed by atoms with Crippen molar-refractivity contribution in [2.24, 2.45) is 11.8 Å². The summed E-state index contributed by atoms with van der Waals surface area (Å²) in [5.74, 6) is -0.621. The van der Waals surface area contributed by atoms with E-state index in [1.54, 1.807) is 4.90 Å². The number of hydrogen-bond acceptors (Lipinski definition) is 3. The lowest BCUT2D eigenvalue weighted by Gasteiger charge is -2.36. The van der Waals surface area contributed by atoms with Gasteiger partial charge in [-0.1, -0.05) is 13.8 Å². The molecule has 0 aromatic rings. The van der Waals surface area contributed by atoms with Gasteiger partial charge in [0.25, 0.3) is 0 Å². The van der Waals surface area contributed by atoms with Crippen LogP contribution in [-0.4, -0.2) is 65.0 Å². The molecule has 0 aromatic carbocycles. The quantitative estimate of drug-likeness (QED) is 0.811. The largest absolute Gasteiger partial charge is 0.481 e. The molecule has 0 bridgehead atoms. The van der Waals surface area contributed by atoms with Crippen molar-refractivity contribution in [1.29, 1.82) is 0 Å². The van der Waals surface area contributed by atoms with Crippen molar-refractivity contribution in [2.45, 2.75) is 45.6 Å². The van der Waals surface area contributed by atoms with Gasteiger partial charge in [-0.25, -0.2) is 4.79 Å². The molecule has 2 rings (SSSR count). The lowest BCUT2D eigenvalue weighted by Crippen LogP contribution is -2.56. The number of nitrogens with zero attached hydrogens (tertiary/aromatic N) is 2. The van der Waals surface area contributed by atoms with Gasteiger partial charge in [0, 0.05) is 25.7 Å². The average Bonchev–Trinajstić information content (AvgIpc) is 2.49. The summed E-state index contributed by atoms with van der Waals surface area (Å²) in [5, 5.41) is 11.9. The number of carboxylic acids is 1. The highest BCUT2D eigenvalue weighted by Crippen LogP contribution is 2.24. The van der Waals surface area contributed by atoms with Gasteiger partial charge in [-0.05, 0) is 31.6 Å². The van der Waals surface area contributed by atoms with Crippen LogP contribution in [0, 0.1) is 11.8 Å². The molecule has 7 nitrogen and oxygen atoms in total. The SMILES string of the molecule is CC(C)CN1CCN(C(=O)NC2CCC(C(=O)O)CC2)CC1=O. The molecule has 1 heterocycles. The van der Waals surface area contributed by atoms with E-state index in [4.69, 9.17) is 5.11 Å². The standard InChI is InChI=1S/C16H27N3O4/c1-11(2)9-18-7-8-19(10-14(18)20)16(23)17-13-5-3-12(4-6-13)15(21)22/h11-13H,3-10H2,1-2H3,(H,17,23)(H,21,22). The Morgan fingerprint density at radius 1 is 1.22 bits per heavy atom. The molecule has 0 spiro atoms. The number of rotatable bonds is 4. The Labute approximate surface area is 137 Å². The summed E-state index contributed by atoms with van der Waals surface area (Å²) >= 11 is 0. The third kappa shape index (κ3) is 4.84. The maximum Gasteiger partial charge on any atom is 0.318 e. The summed E-state index contributed by atoms with van der Waals surface area (Å²) in [5.41, 5.74) is 0. The van der Waals surface area contributed by atoms with Gasteiger partial charge in [0.15, 0.2) is 0 Å². The Hall–Kier alpha value is -1.79. The predicted molar refractivity (Wildman–Crippen MR) is 84.9 cm³/mol. The third-order valence-electron chi connectivity index (χ3n) is 4.60. The van der Waals surface area contributed by atoms with E-state index in [0.29, 0.717) is 44.7 Å². The Balaban J connectivity index is 1.77. The highest BCUT2D eigenvalue weighted by atomic mass is 16.4. The zero-order valence-corrected chi connectivity index (χ0v) is 14.0. The molecule has 130 valence electrons. The number of amides is 3. The summed E-state index contributed by atoms with van der Waals surface area (Å²) in [6, 6.07) is -0.191. The van der Waals surface area contributed by atoms with E-state index in [0.717, 1.165) is 6.54 Å². The second-order valence-electron chi connectivity index (χ2n) is 6.99. The second kappa shape index (κ2) is 7.66. The molecular weight excluding hydrogens is 298 g/mol. The van der Waals surface area contributed by atoms with E-state index in [2.05, 4.69) is 19.2 Å². The summed E-state index contributed by atoms with van der Waals surface area (Å²) in [6.07, 6.45) is 2.57. The van der Waals surface area contributed by atoms with Crippen molar-refractivity contribution in [3.05, 3.63) is 0 Å². The lowest BCUT2D eigenvalue weighted by atomic mass is 9.86. The lowest BCUT2D eigenvalue weighted by molar-refractivity contribution is -0.143. The Kier molecular flexibility index (Phi) is 5.85. The molecule has 3 amide bonds. The zero-order chi connectivity index (χ0) is 17.0. The first kappa shape index (κ1) is 17.6. The van der Waals surface area contributed by atoms with Gasteiger partial charge in [-0.2, -0.15) is 0 Å². The molecule has 2 fully saturated rings. The summed E-state index contributed by atoms with van der Waals surface area (Å²) in [6.45, 7) is 6.13. The fraction of sp³-hybridized carbons (Fsp3) is 0.812. The average molecular weight is 325 g/mol. The van der Waals surface area contributed by atoms with Gasteiger partial charge in [0.05, 0.1) is 5.92 Å². The summed E-state index contributed by atoms with van der Waals surface area (Å²) < 4.78 is 0. The number of carbonyl (C=O) groups excluding carboxylic acids is 2. The fourth-order valence-electron chi connectivity index (χ4n) is 3.27. The minimum absolute atomic E-state index is 0.00492. The Morgan fingerprint density at radius 3 is 2.39 bits per heavy atom. The normalized spacial score (nSPS) is 25.6. The molecule has 1 saturated heterocycles. The van der Waals surface area contributed by atoms with Crippen LogP contribution >= 0.6 is 0 Å². The predicted octanol–water partition coefficient (Wildman–Crippen LogP) is 1.14. The van der Waals surface area contributed by atoms with Crippen LogP contribution in [0.5, 0.6) is 0 Å². The molecule has 2 N–H and O–H groups in total. The van der Waals surface area contributed by atoms with Gasteiger partial charge >= 0.3 is 12.0 Å². The van der Waals surface area contributed by atoms with Crippen LogP contribution < -0.4 is 5.32 Å².